The van der Waals surface area contributed by atoms with Gasteiger partial charge in [0.1, 0.15) is 5.69 Å². The zero-order valence-corrected chi connectivity index (χ0v) is 25.8. The Balaban J connectivity index is 0.000000240. The number of para-hydroxylation sites is 2. The number of carbonyl (C=O) groups excluding carboxylic acids is 2. The highest BCUT2D eigenvalue weighted by atomic mass is 32.2. The number of anilines is 2. The minimum Gasteiger partial charge on any atom is -0.464 e. The van der Waals surface area contributed by atoms with Crippen LogP contribution in [0.3, 0.4) is 0 Å². The number of sulfonamides is 2. The van der Waals surface area contributed by atoms with Gasteiger partial charge >= 0.3 is 5.97 Å². The van der Waals surface area contributed by atoms with Gasteiger partial charge in [-0.15, -0.1) is 10.2 Å². The number of carbonyl (C=O) groups is 2. The van der Waals surface area contributed by atoms with E-state index < -0.39 is 26.0 Å². The molecule has 4 rings (SSSR count). The lowest BCUT2D eigenvalue weighted by atomic mass is 10.2. The molecule has 0 fully saturated rings. The molecule has 0 aliphatic carbocycles. The van der Waals surface area contributed by atoms with Crippen molar-refractivity contribution in [2.24, 2.45) is 5.73 Å². The van der Waals surface area contributed by atoms with Gasteiger partial charge in [-0.25, -0.2) is 21.6 Å². The Morgan fingerprint density at radius 1 is 0.659 bits per heavy atom. The second-order valence-electron chi connectivity index (χ2n) is 9.15. The molecule has 232 valence electrons. The van der Waals surface area contributed by atoms with E-state index in [4.69, 9.17) is 5.73 Å². The van der Waals surface area contributed by atoms with Gasteiger partial charge in [-0.2, -0.15) is 10.2 Å². The summed E-state index contributed by atoms with van der Waals surface area (Å²) in [6.45, 7) is -0.0856. The Morgan fingerprint density at radius 2 is 1.07 bits per heavy atom. The fraction of sp³-hybridized carbons (Fsp3) is 0.214. The first-order valence-corrected chi connectivity index (χ1v) is 16.6. The summed E-state index contributed by atoms with van der Waals surface area (Å²) < 4.78 is 54.8. The third-order valence-electron chi connectivity index (χ3n) is 5.81. The molecule has 0 radical (unpaired) electrons. The molecule has 14 nitrogen and oxygen atoms in total. The molecule has 0 aliphatic heterocycles. The van der Waals surface area contributed by atoms with Crippen molar-refractivity contribution < 1.29 is 31.2 Å². The monoisotopic (exact) mass is 641 g/mol. The molecule has 2 aromatic heterocycles. The molecular formula is C28H31N7O7S2. The average molecular weight is 642 g/mol. The van der Waals surface area contributed by atoms with Crippen molar-refractivity contribution in [2.75, 3.05) is 34.8 Å². The van der Waals surface area contributed by atoms with E-state index in [1.807, 2.05) is 0 Å². The molecule has 2 N–H and O–H groups in total. The molecule has 0 atom stereocenters. The highest BCUT2D eigenvalue weighted by molar-refractivity contribution is 7.92. The molecule has 44 heavy (non-hydrogen) atoms. The number of rotatable bonds is 11. The zero-order valence-electron chi connectivity index (χ0n) is 24.1. The van der Waals surface area contributed by atoms with Crippen LogP contribution in [-0.2, 0) is 37.9 Å². The fourth-order valence-corrected chi connectivity index (χ4v) is 5.38. The van der Waals surface area contributed by atoms with E-state index in [-0.39, 0.29) is 36.8 Å². The summed E-state index contributed by atoms with van der Waals surface area (Å²) in [7, 11) is -5.69. The van der Waals surface area contributed by atoms with E-state index in [9.17, 15) is 26.4 Å². The summed E-state index contributed by atoms with van der Waals surface area (Å²) >= 11 is 0. The molecule has 0 bridgehead atoms. The van der Waals surface area contributed by atoms with Crippen molar-refractivity contribution in [1.82, 2.24) is 20.4 Å². The number of ketones is 1. The minimum absolute atomic E-state index is 0.0251. The van der Waals surface area contributed by atoms with Crippen LogP contribution in [0.1, 0.15) is 32.4 Å². The van der Waals surface area contributed by atoms with Crippen molar-refractivity contribution in [1.29, 1.82) is 0 Å². The lowest BCUT2D eigenvalue weighted by Crippen LogP contribution is -2.29. The predicted octanol–water partition coefficient (Wildman–Crippen LogP) is 1.81. The standard InChI is InChI=1S/C14H16N4O3S.C14H15N3O4S/c1-22(20,21)18(12-5-3-2-4-6-12)10-11-7-8-13(17-16-11)14(19)9-15;1-21-14(18)13-9-8-11(15-16-13)10-17(22(2,19)20)12-6-4-3-5-7-12/h2-8H,9-10,15H2,1H3;3-9H,10H2,1-2H3. The maximum Gasteiger partial charge on any atom is 0.358 e. The molecule has 0 amide bonds. The average Bonchev–Trinajstić information content (AvgIpc) is 3.02. The number of esters is 1. The van der Waals surface area contributed by atoms with Gasteiger partial charge < -0.3 is 10.5 Å². The number of aromatic nitrogens is 4. The largest absolute Gasteiger partial charge is 0.464 e. The summed E-state index contributed by atoms with van der Waals surface area (Å²) in [4.78, 5) is 22.7. The van der Waals surface area contributed by atoms with Crippen LogP contribution in [0.2, 0.25) is 0 Å². The molecular weight excluding hydrogens is 610 g/mol. The zero-order chi connectivity index (χ0) is 32.3. The van der Waals surface area contributed by atoms with E-state index in [0.717, 1.165) is 12.5 Å². The highest BCUT2D eigenvalue weighted by Gasteiger charge is 2.20. The Hall–Kier alpha value is -4.80. The van der Waals surface area contributed by atoms with Crippen LogP contribution in [0.15, 0.2) is 84.9 Å². The van der Waals surface area contributed by atoms with Gasteiger partial charge in [0.2, 0.25) is 20.0 Å². The molecule has 2 aromatic carbocycles. The summed E-state index contributed by atoms with van der Waals surface area (Å²) in [5.41, 5.74) is 7.40. The van der Waals surface area contributed by atoms with Gasteiger partial charge in [-0.05, 0) is 48.5 Å². The highest BCUT2D eigenvalue weighted by Crippen LogP contribution is 2.20. The Morgan fingerprint density at radius 3 is 1.39 bits per heavy atom. The molecule has 0 aliphatic rings. The normalized spacial score (nSPS) is 11.1. The fourth-order valence-electron chi connectivity index (χ4n) is 3.64. The molecule has 16 heteroatoms. The Kier molecular flexibility index (Phi) is 11.6. The van der Waals surface area contributed by atoms with E-state index >= 15 is 0 Å². The summed E-state index contributed by atoms with van der Waals surface area (Å²) in [5.74, 6) is -0.913. The maximum absolute atomic E-state index is 12.0. The van der Waals surface area contributed by atoms with Crippen molar-refractivity contribution in [2.45, 2.75) is 13.1 Å². The molecule has 0 saturated carbocycles. The summed E-state index contributed by atoms with van der Waals surface area (Å²) in [5, 5.41) is 15.3. The van der Waals surface area contributed by atoms with Crippen LogP contribution >= 0.6 is 0 Å². The van der Waals surface area contributed by atoms with E-state index in [1.54, 1.807) is 72.8 Å². The smallest absolute Gasteiger partial charge is 0.358 e. The minimum atomic E-state index is -3.47. The molecule has 4 aromatic rings. The first kappa shape index (κ1) is 33.7. The molecule has 0 spiro atoms. The number of benzene rings is 2. The second kappa shape index (κ2) is 15.1. The number of nitrogens with zero attached hydrogens (tertiary/aromatic N) is 6. The van der Waals surface area contributed by atoms with Crippen LogP contribution in [0, 0.1) is 0 Å². The lowest BCUT2D eigenvalue weighted by Gasteiger charge is -2.21. The van der Waals surface area contributed by atoms with Gasteiger partial charge in [0.05, 0.1) is 62.0 Å². The summed E-state index contributed by atoms with van der Waals surface area (Å²) in [6, 6.07) is 23.4. The maximum atomic E-state index is 12.0. The van der Waals surface area contributed by atoms with Crippen LogP contribution in [-0.4, -0.2) is 75.1 Å². The van der Waals surface area contributed by atoms with Gasteiger partial charge in [0, 0.05) is 0 Å². The van der Waals surface area contributed by atoms with E-state index in [0.29, 0.717) is 22.8 Å². The third-order valence-corrected chi connectivity index (χ3v) is 8.09. The van der Waals surface area contributed by atoms with Crippen molar-refractivity contribution in [3.63, 3.8) is 0 Å². The topological polar surface area (TPSA) is 196 Å². The number of methoxy groups -OCH3 is 1. The first-order chi connectivity index (χ1) is 20.8. The lowest BCUT2D eigenvalue weighted by molar-refractivity contribution is 0.0592. The van der Waals surface area contributed by atoms with Crippen LogP contribution < -0.4 is 14.3 Å². The molecule has 0 saturated heterocycles. The van der Waals surface area contributed by atoms with Gasteiger partial charge in [0.15, 0.2) is 11.5 Å². The van der Waals surface area contributed by atoms with E-state index in [2.05, 4.69) is 25.1 Å². The molecule has 0 unspecified atom stereocenters. The SMILES string of the molecule is COC(=O)c1ccc(CN(c2ccccc2)S(C)(=O)=O)nn1.CS(=O)(=O)N(Cc1ccc(C(=O)CN)nn1)c1ccccc1. The van der Waals surface area contributed by atoms with E-state index in [1.165, 1.54) is 27.9 Å². The van der Waals surface area contributed by atoms with Crippen LogP contribution in [0.5, 0.6) is 0 Å². The van der Waals surface area contributed by atoms with Crippen LogP contribution in [0.25, 0.3) is 0 Å². The summed E-state index contributed by atoms with van der Waals surface area (Å²) in [6.07, 6.45) is 2.25. The van der Waals surface area contributed by atoms with Crippen molar-refractivity contribution >= 4 is 43.2 Å². The number of hydrogen-bond acceptors (Lipinski definition) is 12. The van der Waals surface area contributed by atoms with Crippen molar-refractivity contribution in [3.8, 4) is 0 Å². The molecule has 2 heterocycles. The van der Waals surface area contributed by atoms with Gasteiger partial charge in [0.25, 0.3) is 0 Å². The third kappa shape index (κ3) is 9.62. The second-order valence-corrected chi connectivity index (χ2v) is 13.0. The Labute approximate surface area is 255 Å². The quantitative estimate of drug-likeness (QED) is 0.185. The first-order valence-electron chi connectivity index (χ1n) is 12.9. The number of hydrogen-bond donors (Lipinski definition) is 1. The predicted molar refractivity (Wildman–Crippen MR) is 164 cm³/mol. The van der Waals surface area contributed by atoms with Gasteiger partial charge in [-0.3, -0.25) is 13.4 Å². The van der Waals surface area contributed by atoms with Gasteiger partial charge in [-0.1, -0.05) is 36.4 Å². The number of nitrogens with two attached hydrogens (primary N) is 1. The number of ether oxygens (including phenoxy) is 1. The Bertz CT molecular complexity index is 1620. The van der Waals surface area contributed by atoms with Crippen molar-refractivity contribution in [3.05, 3.63) is 108 Å². The number of Topliss-reactive ketones (excluding diaryl/α,β-unsaturated/α-hetero) is 1. The van der Waals surface area contributed by atoms with Crippen LogP contribution in [0.4, 0.5) is 11.4 Å².